The van der Waals surface area contributed by atoms with Gasteiger partial charge in [0.05, 0.1) is 17.4 Å². The summed E-state index contributed by atoms with van der Waals surface area (Å²) in [4.78, 5) is 38.4. The van der Waals surface area contributed by atoms with Crippen LogP contribution in [0.5, 0.6) is 0 Å². The average Bonchev–Trinajstić information content (AvgIpc) is 3.25. The normalized spacial score (nSPS) is 11.5. The number of nitrogens with zero attached hydrogens (tertiary/aromatic N) is 2. The SMILES string of the molecule is CC(C)=CC/C(C)=C/c1nc2c(C(=O)Nc3nc[nH]c3C(N)=O)cccc2[nH]1. The number of imidazole rings is 2. The number of benzene rings is 1. The number of nitrogens with one attached hydrogen (secondary N) is 3. The van der Waals surface area contributed by atoms with Gasteiger partial charge in [-0.3, -0.25) is 9.59 Å². The van der Waals surface area contributed by atoms with E-state index in [2.05, 4.69) is 45.2 Å². The zero-order chi connectivity index (χ0) is 20.3. The van der Waals surface area contributed by atoms with E-state index in [0.29, 0.717) is 16.9 Å². The molecule has 0 atom stereocenters. The van der Waals surface area contributed by atoms with E-state index in [-0.39, 0.29) is 11.5 Å². The maximum Gasteiger partial charge on any atom is 0.269 e. The summed E-state index contributed by atoms with van der Waals surface area (Å²) in [6.45, 7) is 6.15. The topological polar surface area (TPSA) is 130 Å². The first-order valence-corrected chi connectivity index (χ1v) is 8.79. The van der Waals surface area contributed by atoms with E-state index in [0.717, 1.165) is 17.5 Å². The largest absolute Gasteiger partial charge is 0.364 e. The summed E-state index contributed by atoms with van der Waals surface area (Å²) in [7, 11) is 0. The average molecular weight is 378 g/mol. The van der Waals surface area contributed by atoms with Crippen LogP contribution >= 0.6 is 0 Å². The first kappa shape index (κ1) is 19.1. The van der Waals surface area contributed by atoms with Gasteiger partial charge in [-0.1, -0.05) is 23.3 Å². The first-order chi connectivity index (χ1) is 13.3. The number of anilines is 1. The predicted octanol–water partition coefficient (Wildman–Crippen LogP) is 3.40. The highest BCUT2D eigenvalue weighted by atomic mass is 16.2. The van der Waals surface area contributed by atoms with Crippen LogP contribution in [0.4, 0.5) is 5.82 Å². The molecular weight excluding hydrogens is 356 g/mol. The summed E-state index contributed by atoms with van der Waals surface area (Å²) in [5.74, 6) is -0.372. The Morgan fingerprint density at radius 3 is 2.75 bits per heavy atom. The summed E-state index contributed by atoms with van der Waals surface area (Å²) < 4.78 is 0. The van der Waals surface area contributed by atoms with Crippen LogP contribution in [0, 0.1) is 0 Å². The maximum absolute atomic E-state index is 12.7. The number of primary amides is 1. The van der Waals surface area contributed by atoms with E-state index in [1.807, 2.05) is 19.1 Å². The molecule has 28 heavy (non-hydrogen) atoms. The fraction of sp³-hybridized carbons (Fsp3) is 0.200. The van der Waals surface area contributed by atoms with Gasteiger partial charge in [0.1, 0.15) is 17.0 Å². The Hall–Kier alpha value is -3.68. The van der Waals surface area contributed by atoms with E-state index in [1.54, 1.807) is 12.1 Å². The number of carbonyl (C=O) groups excluding carboxylic acids is 2. The molecule has 2 amide bonds. The number of rotatable bonds is 6. The van der Waals surface area contributed by atoms with Crippen molar-refractivity contribution in [2.75, 3.05) is 5.32 Å². The lowest BCUT2D eigenvalue weighted by molar-refractivity contribution is 0.0997. The minimum Gasteiger partial charge on any atom is -0.364 e. The molecule has 0 unspecified atom stereocenters. The van der Waals surface area contributed by atoms with Crippen molar-refractivity contribution < 1.29 is 9.59 Å². The van der Waals surface area contributed by atoms with Gasteiger partial charge in [-0.15, -0.1) is 0 Å². The molecule has 0 fully saturated rings. The molecule has 0 bridgehead atoms. The monoisotopic (exact) mass is 378 g/mol. The van der Waals surface area contributed by atoms with Crippen molar-refractivity contribution in [2.45, 2.75) is 27.2 Å². The van der Waals surface area contributed by atoms with E-state index in [4.69, 9.17) is 5.73 Å². The van der Waals surface area contributed by atoms with Gasteiger partial charge >= 0.3 is 0 Å². The Labute approximate surface area is 162 Å². The van der Waals surface area contributed by atoms with Crippen molar-refractivity contribution in [1.29, 1.82) is 0 Å². The van der Waals surface area contributed by atoms with Gasteiger partial charge in [-0.05, 0) is 45.4 Å². The van der Waals surface area contributed by atoms with Gasteiger partial charge in [0.2, 0.25) is 0 Å². The Balaban J connectivity index is 1.90. The summed E-state index contributed by atoms with van der Waals surface area (Å²) in [5, 5.41) is 2.60. The van der Waals surface area contributed by atoms with Gasteiger partial charge in [0.25, 0.3) is 11.8 Å². The molecular formula is C20H22N6O2. The van der Waals surface area contributed by atoms with Crippen LogP contribution in [0.15, 0.2) is 41.7 Å². The van der Waals surface area contributed by atoms with Crippen LogP contribution in [-0.2, 0) is 0 Å². The van der Waals surface area contributed by atoms with Gasteiger partial charge in [0.15, 0.2) is 5.82 Å². The van der Waals surface area contributed by atoms with Crippen molar-refractivity contribution in [3.05, 3.63) is 58.8 Å². The lowest BCUT2D eigenvalue weighted by Crippen LogP contribution is -2.18. The molecule has 5 N–H and O–H groups in total. The number of fused-ring (bicyclic) bond motifs is 1. The lowest BCUT2D eigenvalue weighted by Gasteiger charge is -2.04. The third kappa shape index (κ3) is 4.17. The Bertz CT molecular complexity index is 1100. The van der Waals surface area contributed by atoms with Gasteiger partial charge in [-0.25, -0.2) is 9.97 Å². The summed E-state index contributed by atoms with van der Waals surface area (Å²) in [5.41, 5.74) is 9.36. The quantitative estimate of drug-likeness (QED) is 0.490. The van der Waals surface area contributed by atoms with Crippen molar-refractivity contribution in [1.82, 2.24) is 19.9 Å². The highest BCUT2D eigenvalue weighted by molar-refractivity contribution is 6.12. The highest BCUT2D eigenvalue weighted by Gasteiger charge is 2.18. The second-order valence-corrected chi connectivity index (χ2v) is 6.74. The van der Waals surface area contributed by atoms with Crippen molar-refractivity contribution >= 4 is 34.7 Å². The first-order valence-electron chi connectivity index (χ1n) is 8.79. The second-order valence-electron chi connectivity index (χ2n) is 6.74. The van der Waals surface area contributed by atoms with E-state index in [1.165, 1.54) is 11.9 Å². The minimum absolute atomic E-state index is 0.0427. The van der Waals surface area contributed by atoms with Crippen molar-refractivity contribution in [3.8, 4) is 0 Å². The molecule has 3 aromatic rings. The number of nitrogens with two attached hydrogens (primary N) is 1. The number of amides is 2. The third-order valence-electron chi connectivity index (χ3n) is 4.11. The zero-order valence-electron chi connectivity index (χ0n) is 16.0. The molecule has 0 aliphatic heterocycles. The van der Waals surface area contributed by atoms with Gasteiger partial charge in [-0.2, -0.15) is 0 Å². The summed E-state index contributed by atoms with van der Waals surface area (Å²) >= 11 is 0. The predicted molar refractivity (Wildman–Crippen MR) is 109 cm³/mol. The van der Waals surface area contributed by atoms with Crippen LogP contribution in [0.3, 0.4) is 0 Å². The van der Waals surface area contributed by atoms with Crippen molar-refractivity contribution in [2.24, 2.45) is 5.73 Å². The Kier molecular flexibility index (Phi) is 5.39. The zero-order valence-corrected chi connectivity index (χ0v) is 16.0. The number of carbonyl (C=O) groups is 2. The van der Waals surface area contributed by atoms with Gasteiger partial charge in [0, 0.05) is 0 Å². The third-order valence-corrected chi connectivity index (χ3v) is 4.11. The molecule has 2 aromatic heterocycles. The fourth-order valence-electron chi connectivity index (χ4n) is 2.71. The molecule has 0 saturated heterocycles. The maximum atomic E-state index is 12.7. The molecule has 3 rings (SSSR count). The molecule has 8 heteroatoms. The number of allylic oxidation sites excluding steroid dienone is 3. The Morgan fingerprint density at radius 2 is 2.04 bits per heavy atom. The number of aromatic nitrogens is 4. The number of hydrogen-bond donors (Lipinski definition) is 4. The smallest absolute Gasteiger partial charge is 0.269 e. The molecule has 0 saturated carbocycles. The number of hydrogen-bond acceptors (Lipinski definition) is 4. The molecule has 0 aliphatic carbocycles. The number of H-pyrrole nitrogens is 2. The minimum atomic E-state index is -0.704. The fourth-order valence-corrected chi connectivity index (χ4v) is 2.71. The molecule has 0 aliphatic rings. The van der Waals surface area contributed by atoms with E-state index >= 15 is 0 Å². The molecule has 1 aromatic carbocycles. The van der Waals surface area contributed by atoms with Crippen LogP contribution in [0.1, 0.15) is 53.9 Å². The van der Waals surface area contributed by atoms with Crippen LogP contribution in [-0.4, -0.2) is 31.8 Å². The molecule has 2 heterocycles. The molecule has 144 valence electrons. The highest BCUT2D eigenvalue weighted by Crippen LogP contribution is 2.20. The van der Waals surface area contributed by atoms with Crippen LogP contribution in [0.25, 0.3) is 17.1 Å². The number of aromatic amines is 2. The lowest BCUT2D eigenvalue weighted by atomic mass is 10.1. The Morgan fingerprint density at radius 1 is 1.25 bits per heavy atom. The van der Waals surface area contributed by atoms with Crippen molar-refractivity contribution in [3.63, 3.8) is 0 Å². The molecule has 0 radical (unpaired) electrons. The molecule has 0 spiro atoms. The van der Waals surface area contributed by atoms with Gasteiger partial charge < -0.3 is 21.0 Å². The van der Waals surface area contributed by atoms with Crippen LogP contribution in [0.2, 0.25) is 0 Å². The molecule has 8 nitrogen and oxygen atoms in total. The number of para-hydroxylation sites is 1. The summed E-state index contributed by atoms with van der Waals surface area (Å²) in [6, 6.07) is 5.28. The van der Waals surface area contributed by atoms with Crippen LogP contribution < -0.4 is 11.1 Å². The van der Waals surface area contributed by atoms with E-state index < -0.39 is 11.8 Å². The van der Waals surface area contributed by atoms with E-state index in [9.17, 15) is 9.59 Å². The summed E-state index contributed by atoms with van der Waals surface area (Å²) in [6.07, 6.45) is 6.23. The standard InChI is InChI=1S/C20H22N6O2/c1-11(2)7-8-12(3)9-15-24-14-6-4-5-13(16(14)25-15)20(28)26-19-17(18(21)27)22-10-23-19/h4-7,9-10H,8H2,1-3H3,(H2,21,27)(H,22,23)(H,24,25)(H,26,28)/b12-9+. The second kappa shape index (κ2) is 7.91.